The van der Waals surface area contributed by atoms with E-state index in [9.17, 15) is 0 Å². The van der Waals surface area contributed by atoms with E-state index in [2.05, 4.69) is 194 Å². The molecule has 1 heterocycles. The van der Waals surface area contributed by atoms with E-state index in [1.807, 2.05) is 30.3 Å². The van der Waals surface area contributed by atoms with Gasteiger partial charge in [0.05, 0.1) is 5.71 Å². The number of rotatable bonds is 4. The minimum Gasteiger partial charge on any atom is -0.355 e. The average molecular weight is 743 g/mol. The van der Waals surface area contributed by atoms with E-state index >= 15 is 0 Å². The summed E-state index contributed by atoms with van der Waals surface area (Å²) in [6.45, 7) is 5.73. The van der Waals surface area contributed by atoms with Crippen LogP contribution in [0.4, 0.5) is 0 Å². The Morgan fingerprint density at radius 3 is 1.29 bits per heavy atom. The van der Waals surface area contributed by atoms with Crippen molar-refractivity contribution in [2.45, 2.75) is 6.92 Å². The number of hydrogen-bond donors (Lipinski definition) is 2. The molecule has 0 aliphatic carbocycles. The highest BCUT2D eigenvalue weighted by Crippen LogP contribution is 2.40. The second-order valence-corrected chi connectivity index (χ2v) is 14.6. The minimum absolute atomic E-state index is 0.473. The normalized spacial score (nSPS) is 11.0. The second-order valence-electron chi connectivity index (χ2n) is 14.6. The Bertz CT molecular complexity index is 3160. The molecule has 11 rings (SSSR count). The fraction of sp³-hybridized carbons (Fsp3) is 0.0179. The highest BCUT2D eigenvalue weighted by molar-refractivity contribution is 6.31. The zero-order chi connectivity index (χ0) is 39.4. The van der Waals surface area contributed by atoms with Gasteiger partial charge in [0.15, 0.2) is 0 Å². The van der Waals surface area contributed by atoms with Crippen molar-refractivity contribution in [3.8, 4) is 22.3 Å². The zero-order valence-corrected chi connectivity index (χ0v) is 32.4. The van der Waals surface area contributed by atoms with E-state index in [0.29, 0.717) is 5.71 Å². The minimum atomic E-state index is 0.473. The van der Waals surface area contributed by atoms with E-state index in [4.69, 9.17) is 5.41 Å². The molecule has 2 nitrogen and oxygen atoms in total. The predicted octanol–water partition coefficient (Wildman–Crippen LogP) is 15.5. The third-order valence-electron chi connectivity index (χ3n) is 11.1. The van der Waals surface area contributed by atoms with Crippen molar-refractivity contribution in [3.05, 3.63) is 230 Å². The number of aryl methyl sites for hydroxylation is 1. The molecule has 0 atom stereocenters. The van der Waals surface area contributed by atoms with Crippen LogP contribution in [0.5, 0.6) is 0 Å². The Morgan fingerprint density at radius 2 is 0.793 bits per heavy atom. The summed E-state index contributed by atoms with van der Waals surface area (Å²) in [5.41, 5.74) is 10.1. The number of benzene rings is 10. The summed E-state index contributed by atoms with van der Waals surface area (Å²) < 4.78 is 0. The van der Waals surface area contributed by atoms with Crippen LogP contribution in [0.3, 0.4) is 0 Å². The monoisotopic (exact) mass is 742 g/mol. The van der Waals surface area contributed by atoms with Crippen molar-refractivity contribution in [3.63, 3.8) is 0 Å². The third kappa shape index (κ3) is 6.93. The van der Waals surface area contributed by atoms with E-state index in [0.717, 1.165) is 5.56 Å². The highest BCUT2D eigenvalue weighted by atomic mass is 14.7. The maximum atomic E-state index is 7.36. The molecule has 2 heteroatoms. The maximum absolute atomic E-state index is 7.36. The van der Waals surface area contributed by atoms with Crippen LogP contribution in [0.15, 0.2) is 219 Å². The van der Waals surface area contributed by atoms with Gasteiger partial charge in [-0.2, -0.15) is 0 Å². The van der Waals surface area contributed by atoms with Crippen molar-refractivity contribution in [1.29, 1.82) is 5.41 Å². The van der Waals surface area contributed by atoms with E-state index in [-0.39, 0.29) is 0 Å². The van der Waals surface area contributed by atoms with Gasteiger partial charge in [-0.3, -0.25) is 0 Å². The summed E-state index contributed by atoms with van der Waals surface area (Å²) in [5.74, 6) is 0. The van der Waals surface area contributed by atoms with Crippen molar-refractivity contribution in [1.82, 2.24) is 4.98 Å². The standard InChI is InChI=1S/C24H17N.C23H16.C9H9N/c1-3-7-17(8-4-1)19-11-13-23-21(15-19)22-16-20(12-14-24(22)25-23)18-9-5-2-6-10-18;1-15-14-22-19-11-4-3-9-17(19)18-10-5-7-13-21(18)23(22)20-12-6-2-8-16(15)20;1-2-9(10)8-6-4-3-5-7-8/h1-16,25H;2-14H,1H3;2-7,10H,1H2. The first-order valence-corrected chi connectivity index (χ1v) is 19.7. The summed E-state index contributed by atoms with van der Waals surface area (Å²) in [6.07, 6.45) is 1.54. The molecule has 0 saturated heterocycles. The predicted molar refractivity (Wildman–Crippen MR) is 251 cm³/mol. The van der Waals surface area contributed by atoms with Gasteiger partial charge in [-0.05, 0) is 114 Å². The smallest absolute Gasteiger partial charge is 0.0606 e. The van der Waals surface area contributed by atoms with Crippen LogP contribution in [0, 0.1) is 12.3 Å². The second kappa shape index (κ2) is 15.9. The molecule has 10 aromatic carbocycles. The lowest BCUT2D eigenvalue weighted by atomic mass is 9.89. The van der Waals surface area contributed by atoms with Gasteiger partial charge in [0, 0.05) is 21.8 Å². The molecule has 0 aliphatic heterocycles. The van der Waals surface area contributed by atoms with Gasteiger partial charge in [-0.15, -0.1) is 0 Å². The number of aromatic amines is 1. The molecule has 0 radical (unpaired) electrons. The molecule has 0 aliphatic rings. The Labute approximate surface area is 338 Å². The van der Waals surface area contributed by atoms with Crippen LogP contribution in [-0.2, 0) is 0 Å². The lowest BCUT2D eigenvalue weighted by Gasteiger charge is -2.14. The van der Waals surface area contributed by atoms with Gasteiger partial charge >= 0.3 is 0 Å². The SMILES string of the molecule is C=CC(=N)c1ccccc1.Cc1cc2c3ccccc3c3ccccc3c2c2ccccc12.c1ccc(-c2ccc3[nH]c4ccc(-c5ccccc5)cc4c3c2)cc1. The van der Waals surface area contributed by atoms with Gasteiger partial charge < -0.3 is 10.4 Å². The van der Waals surface area contributed by atoms with E-state index in [1.54, 1.807) is 0 Å². The molecule has 0 bridgehead atoms. The van der Waals surface area contributed by atoms with Crippen LogP contribution >= 0.6 is 0 Å². The first kappa shape index (κ1) is 36.1. The summed E-state index contributed by atoms with van der Waals surface area (Å²) >= 11 is 0. The number of fused-ring (bicyclic) bond motifs is 11. The molecule has 11 aromatic rings. The van der Waals surface area contributed by atoms with Crippen LogP contribution < -0.4 is 0 Å². The van der Waals surface area contributed by atoms with Gasteiger partial charge in [0.2, 0.25) is 0 Å². The molecular weight excluding hydrogens is 701 g/mol. The Kier molecular flexibility index (Phi) is 9.90. The Hall–Kier alpha value is -7.55. The summed E-state index contributed by atoms with van der Waals surface area (Å²) in [4.78, 5) is 3.54. The van der Waals surface area contributed by atoms with Crippen molar-refractivity contribution < 1.29 is 0 Å². The molecule has 0 amide bonds. The number of aromatic nitrogens is 1. The Morgan fingerprint density at radius 1 is 0.397 bits per heavy atom. The quantitative estimate of drug-likeness (QED) is 0.133. The van der Waals surface area contributed by atoms with E-state index < -0.39 is 0 Å². The van der Waals surface area contributed by atoms with Crippen LogP contribution in [-0.4, -0.2) is 10.7 Å². The fourth-order valence-corrected chi connectivity index (χ4v) is 8.20. The fourth-order valence-electron chi connectivity index (χ4n) is 8.20. The molecular formula is C56H42N2. The molecule has 0 unspecified atom stereocenters. The Balaban J connectivity index is 0.000000123. The van der Waals surface area contributed by atoms with Crippen LogP contribution in [0.1, 0.15) is 11.1 Å². The van der Waals surface area contributed by atoms with Crippen LogP contribution in [0.2, 0.25) is 0 Å². The molecule has 0 spiro atoms. The molecule has 276 valence electrons. The lowest BCUT2D eigenvalue weighted by molar-refractivity contribution is 1.50. The maximum Gasteiger partial charge on any atom is 0.0606 e. The number of nitrogens with one attached hydrogen (secondary N) is 2. The highest BCUT2D eigenvalue weighted by Gasteiger charge is 2.12. The van der Waals surface area contributed by atoms with Crippen LogP contribution in [0.25, 0.3) is 87.1 Å². The molecule has 1 aromatic heterocycles. The molecule has 58 heavy (non-hydrogen) atoms. The summed E-state index contributed by atoms with van der Waals surface area (Å²) in [7, 11) is 0. The van der Waals surface area contributed by atoms with Crippen molar-refractivity contribution in [2.75, 3.05) is 0 Å². The largest absolute Gasteiger partial charge is 0.355 e. The number of hydrogen-bond acceptors (Lipinski definition) is 1. The zero-order valence-electron chi connectivity index (χ0n) is 32.4. The van der Waals surface area contributed by atoms with Crippen molar-refractivity contribution >= 4 is 70.6 Å². The van der Waals surface area contributed by atoms with Gasteiger partial charge in [-0.25, -0.2) is 0 Å². The first-order valence-electron chi connectivity index (χ1n) is 19.7. The van der Waals surface area contributed by atoms with Gasteiger partial charge in [-0.1, -0.05) is 189 Å². The molecule has 2 N–H and O–H groups in total. The third-order valence-corrected chi connectivity index (χ3v) is 11.1. The van der Waals surface area contributed by atoms with Crippen molar-refractivity contribution in [2.24, 2.45) is 0 Å². The molecule has 0 saturated carbocycles. The lowest BCUT2D eigenvalue weighted by Crippen LogP contribution is -1.91. The number of allylic oxidation sites excluding steroid dienone is 1. The van der Waals surface area contributed by atoms with Gasteiger partial charge in [0.25, 0.3) is 0 Å². The van der Waals surface area contributed by atoms with E-state index in [1.165, 1.54) is 98.8 Å². The summed E-state index contributed by atoms with van der Waals surface area (Å²) in [5, 5.41) is 20.7. The topological polar surface area (TPSA) is 39.6 Å². The number of H-pyrrole nitrogens is 1. The summed E-state index contributed by atoms with van der Waals surface area (Å²) in [6, 6.07) is 72.6. The average Bonchev–Trinajstić information content (AvgIpc) is 3.67. The molecule has 0 fully saturated rings. The first-order chi connectivity index (χ1) is 28.6. The van der Waals surface area contributed by atoms with Gasteiger partial charge in [0.1, 0.15) is 0 Å².